The van der Waals surface area contributed by atoms with Gasteiger partial charge in [-0.25, -0.2) is 8.78 Å². The molecule has 5 rings (SSSR count). The molecule has 10 heteroatoms. The number of amides is 1. The van der Waals surface area contributed by atoms with Gasteiger partial charge in [0, 0.05) is 10.9 Å². The van der Waals surface area contributed by atoms with E-state index in [9.17, 15) is 36.6 Å². The summed E-state index contributed by atoms with van der Waals surface area (Å²) >= 11 is 5.83. The van der Waals surface area contributed by atoms with Crippen LogP contribution in [0.3, 0.4) is 0 Å². The van der Waals surface area contributed by atoms with E-state index in [4.69, 9.17) is 11.6 Å². The van der Waals surface area contributed by atoms with E-state index in [-0.39, 0.29) is 42.0 Å². The summed E-state index contributed by atoms with van der Waals surface area (Å²) < 4.78 is 69.5. The van der Waals surface area contributed by atoms with Gasteiger partial charge in [0.05, 0.1) is 23.9 Å². The van der Waals surface area contributed by atoms with Crippen LogP contribution < -0.4 is 5.32 Å². The van der Waals surface area contributed by atoms with Crippen molar-refractivity contribution < 1.29 is 36.6 Å². The van der Waals surface area contributed by atoms with E-state index >= 15 is 0 Å². The molecule has 3 saturated carbocycles. The first-order valence-corrected chi connectivity index (χ1v) is 11.4. The van der Waals surface area contributed by atoms with Crippen LogP contribution in [0.25, 0.3) is 0 Å². The molecule has 0 saturated heterocycles. The van der Waals surface area contributed by atoms with Crippen LogP contribution in [0.5, 0.6) is 0 Å². The molecule has 0 aromatic heterocycles. The van der Waals surface area contributed by atoms with Crippen molar-refractivity contribution >= 4 is 29.2 Å². The summed E-state index contributed by atoms with van der Waals surface area (Å²) in [7, 11) is 0. The van der Waals surface area contributed by atoms with Crippen LogP contribution in [-0.2, 0) is 9.59 Å². The fourth-order valence-electron chi connectivity index (χ4n) is 5.56. The molecule has 3 atom stereocenters. The van der Waals surface area contributed by atoms with Crippen molar-refractivity contribution in [2.45, 2.75) is 56.3 Å². The third kappa shape index (κ3) is 4.87. The minimum absolute atomic E-state index is 0.0548. The van der Waals surface area contributed by atoms with Crippen LogP contribution in [0, 0.1) is 17.2 Å². The molecule has 2 N–H and O–H groups in total. The monoisotopic (exact) mass is 515 g/mol. The number of alkyl halides is 4. The molecule has 1 amide bonds. The Labute approximate surface area is 203 Å². The number of nitrogens with one attached hydrogen (secondary N) is 1. The van der Waals surface area contributed by atoms with Crippen LogP contribution in [0.2, 0.25) is 5.02 Å². The largest absolute Gasteiger partial charge is 0.481 e. The Morgan fingerprint density at radius 3 is 2.17 bits per heavy atom. The van der Waals surface area contributed by atoms with Gasteiger partial charge in [-0.1, -0.05) is 36.7 Å². The summed E-state index contributed by atoms with van der Waals surface area (Å²) in [6.45, 7) is 0.865. The average molecular weight is 516 g/mol. The van der Waals surface area contributed by atoms with Gasteiger partial charge in [0.1, 0.15) is 11.5 Å². The van der Waals surface area contributed by atoms with Gasteiger partial charge < -0.3 is 10.4 Å². The Balaban J connectivity index is 1.64. The quantitative estimate of drug-likeness (QED) is 0.378. The number of hydrogen-bond donors (Lipinski definition) is 2. The highest BCUT2D eigenvalue weighted by atomic mass is 35.5. The maximum atomic E-state index is 14.6. The summed E-state index contributed by atoms with van der Waals surface area (Å²) in [6, 6.07) is 8.97. The Bertz CT molecular complexity index is 1130. The van der Waals surface area contributed by atoms with Gasteiger partial charge in [0.2, 0.25) is 5.91 Å². The van der Waals surface area contributed by atoms with Crippen molar-refractivity contribution in [2.75, 3.05) is 5.32 Å². The predicted octanol–water partition coefficient (Wildman–Crippen LogP) is 6.85. The van der Waals surface area contributed by atoms with E-state index in [1.807, 2.05) is 0 Å². The van der Waals surface area contributed by atoms with E-state index in [0.29, 0.717) is 5.56 Å². The molecule has 0 spiro atoms. The van der Waals surface area contributed by atoms with E-state index in [0.717, 1.165) is 13.0 Å². The van der Waals surface area contributed by atoms with Gasteiger partial charge in [-0.15, -0.1) is 0 Å². The van der Waals surface area contributed by atoms with E-state index in [2.05, 4.69) is 5.32 Å². The second-order valence-electron chi connectivity index (χ2n) is 9.78. The lowest BCUT2D eigenvalue weighted by molar-refractivity contribution is -0.228. The number of hydrogen-bond acceptors (Lipinski definition) is 2. The second kappa shape index (κ2) is 8.76. The normalized spacial score (nSPS) is 25.6. The number of rotatable bonds is 8. The molecule has 0 unspecified atom stereocenters. The van der Waals surface area contributed by atoms with Crippen molar-refractivity contribution in [2.24, 2.45) is 11.3 Å². The lowest BCUT2D eigenvalue weighted by Gasteiger charge is -2.69. The number of benzene rings is 2. The average Bonchev–Trinajstić information content (AvgIpc) is 2.71. The zero-order valence-electron chi connectivity index (χ0n) is 18.6. The van der Waals surface area contributed by atoms with Crippen LogP contribution in [-0.4, -0.2) is 28.8 Å². The summed E-state index contributed by atoms with van der Waals surface area (Å²) in [6.07, 6.45) is -4.40. The molecule has 35 heavy (non-hydrogen) atoms. The Hall–Kier alpha value is -2.68. The van der Waals surface area contributed by atoms with Crippen molar-refractivity contribution in [3.63, 3.8) is 0 Å². The van der Waals surface area contributed by atoms with Crippen molar-refractivity contribution in [3.8, 4) is 0 Å². The molecular weight excluding hydrogens is 493 g/mol. The van der Waals surface area contributed by atoms with E-state index < -0.39 is 52.7 Å². The first-order valence-electron chi connectivity index (χ1n) is 11.1. The molecule has 2 aromatic carbocycles. The number of carbonyl (C=O) groups excluding carboxylic acids is 1. The van der Waals surface area contributed by atoms with E-state index in [1.54, 1.807) is 0 Å². The van der Waals surface area contributed by atoms with Gasteiger partial charge in [-0.2, -0.15) is 13.2 Å². The smallest absolute Gasteiger partial charge is 0.392 e. The first kappa shape index (κ1) is 25.4. The maximum absolute atomic E-state index is 14.6. The molecule has 0 aliphatic heterocycles. The minimum Gasteiger partial charge on any atom is -0.481 e. The topological polar surface area (TPSA) is 66.4 Å². The molecule has 3 aliphatic carbocycles. The third-order valence-corrected chi connectivity index (χ3v) is 7.56. The Morgan fingerprint density at radius 2 is 1.66 bits per heavy atom. The standard InChI is InChI=1S/C25H23ClF5NO3/c1-13(25(29,30)31)21(14-2-5-16(26)6-3-14)22(35)32-19-8-15(4-7-18(19)27)17(9-20(33)34)23-10-24(28,11-23)12-23/h2-8,13,17,21H,9-12H2,1H3,(H,32,35)(H,33,34)/t13-,17+,21+,23?,24?/m1/s1. The number of carboxylic acids is 1. The van der Waals surface area contributed by atoms with Gasteiger partial charge >= 0.3 is 12.1 Å². The van der Waals surface area contributed by atoms with Gasteiger partial charge in [0.25, 0.3) is 0 Å². The zero-order chi connectivity index (χ0) is 25.8. The van der Waals surface area contributed by atoms with Crippen molar-refractivity contribution in [3.05, 3.63) is 64.4 Å². The number of anilines is 1. The SMILES string of the molecule is C[C@H]([C@H](C(=O)Nc1cc([C@H](CC(=O)O)C23CC(F)(C2)C3)ccc1F)c1ccc(Cl)cc1)C(F)(F)F. The Morgan fingerprint density at radius 1 is 1.09 bits per heavy atom. The van der Waals surface area contributed by atoms with Crippen LogP contribution >= 0.6 is 11.6 Å². The summed E-state index contributed by atoms with van der Waals surface area (Å²) in [5.41, 5.74) is -1.76. The maximum Gasteiger partial charge on any atom is 0.392 e. The van der Waals surface area contributed by atoms with Gasteiger partial charge in [-0.05, 0) is 60.1 Å². The Kier molecular flexibility index (Phi) is 6.36. The highest BCUT2D eigenvalue weighted by Crippen LogP contribution is 2.75. The third-order valence-electron chi connectivity index (χ3n) is 7.30. The fourth-order valence-corrected chi connectivity index (χ4v) is 5.69. The molecule has 0 heterocycles. The number of aliphatic carboxylic acids is 1. The number of halogens is 6. The molecule has 0 radical (unpaired) electrons. The minimum atomic E-state index is -4.71. The molecule has 3 fully saturated rings. The fraction of sp³-hybridized carbons (Fsp3) is 0.440. The highest BCUT2D eigenvalue weighted by Gasteiger charge is 2.71. The zero-order valence-corrected chi connectivity index (χ0v) is 19.4. The van der Waals surface area contributed by atoms with E-state index in [1.165, 1.54) is 36.4 Å². The lowest BCUT2D eigenvalue weighted by Crippen LogP contribution is -2.66. The summed E-state index contributed by atoms with van der Waals surface area (Å²) in [4.78, 5) is 24.5. The highest BCUT2D eigenvalue weighted by molar-refractivity contribution is 6.30. The predicted molar refractivity (Wildman–Crippen MR) is 120 cm³/mol. The molecule has 4 nitrogen and oxygen atoms in total. The van der Waals surface area contributed by atoms with Crippen molar-refractivity contribution in [1.29, 1.82) is 0 Å². The van der Waals surface area contributed by atoms with Crippen molar-refractivity contribution in [1.82, 2.24) is 0 Å². The lowest BCUT2D eigenvalue weighted by atomic mass is 9.37. The van der Waals surface area contributed by atoms with Gasteiger partial charge in [-0.3, -0.25) is 9.59 Å². The first-order chi connectivity index (χ1) is 16.2. The molecule has 3 aliphatic rings. The second-order valence-corrected chi connectivity index (χ2v) is 10.2. The molecular formula is C25H23ClF5NO3. The van der Waals surface area contributed by atoms with Crippen LogP contribution in [0.15, 0.2) is 42.5 Å². The van der Waals surface area contributed by atoms with Crippen LogP contribution in [0.4, 0.5) is 27.6 Å². The van der Waals surface area contributed by atoms with Crippen LogP contribution in [0.1, 0.15) is 55.6 Å². The molecule has 2 aromatic rings. The number of carbonyl (C=O) groups is 2. The molecule has 2 bridgehead atoms. The summed E-state index contributed by atoms with van der Waals surface area (Å²) in [5.74, 6) is -7.45. The number of carboxylic acid groups (broad SMARTS) is 1. The van der Waals surface area contributed by atoms with Gasteiger partial charge in [0.15, 0.2) is 0 Å². The molecule has 188 valence electrons. The summed E-state index contributed by atoms with van der Waals surface area (Å²) in [5, 5.41) is 11.9.